The maximum absolute atomic E-state index is 13.8. The Bertz CT molecular complexity index is 762. The third-order valence-corrected chi connectivity index (χ3v) is 3.96. The van der Waals surface area contributed by atoms with E-state index in [-0.39, 0.29) is 36.3 Å². The molecule has 2 N–H and O–H groups in total. The predicted molar refractivity (Wildman–Crippen MR) is 120 cm³/mol. The van der Waals surface area contributed by atoms with Crippen LogP contribution in [0.5, 0.6) is 17.2 Å². The number of rotatable bonds is 8. The topological polar surface area (TPSA) is 64.1 Å². The van der Waals surface area contributed by atoms with E-state index in [0.29, 0.717) is 41.9 Å². The van der Waals surface area contributed by atoms with Crippen molar-refractivity contribution >= 4 is 29.9 Å². The zero-order valence-electron chi connectivity index (χ0n) is 16.5. The fraction of sp³-hybridized carbons (Fsp3) is 0.350. The van der Waals surface area contributed by atoms with Crippen LogP contribution in [0.25, 0.3) is 0 Å². The molecule has 0 saturated heterocycles. The Kier molecular flexibility index (Phi) is 10.4. The van der Waals surface area contributed by atoms with Gasteiger partial charge in [-0.15, -0.1) is 24.0 Å². The van der Waals surface area contributed by atoms with Gasteiger partial charge >= 0.3 is 0 Å². The first-order valence-electron chi connectivity index (χ1n) is 8.67. The number of aliphatic imine (C=N–C) groups is 1. The smallest absolute Gasteiger partial charge is 0.191 e. The molecule has 28 heavy (non-hydrogen) atoms. The first-order valence-corrected chi connectivity index (χ1v) is 8.67. The SMILES string of the molecule is CCNC(=NCc1ccccc1F)NCc1c(OC)cc(OC)cc1OC.I. The molecule has 0 radical (unpaired) electrons. The lowest BCUT2D eigenvalue weighted by molar-refractivity contribution is 0.368. The Hall–Kier alpha value is -2.23. The van der Waals surface area contributed by atoms with Crippen LogP contribution in [-0.2, 0) is 13.1 Å². The van der Waals surface area contributed by atoms with Crippen molar-refractivity contribution in [2.24, 2.45) is 4.99 Å². The lowest BCUT2D eigenvalue weighted by Crippen LogP contribution is -2.37. The van der Waals surface area contributed by atoms with Gasteiger partial charge in [0.05, 0.1) is 40.0 Å². The number of guanidine groups is 1. The van der Waals surface area contributed by atoms with Gasteiger partial charge in [0, 0.05) is 24.2 Å². The number of nitrogens with one attached hydrogen (secondary N) is 2. The van der Waals surface area contributed by atoms with Crippen molar-refractivity contribution in [2.45, 2.75) is 20.0 Å². The van der Waals surface area contributed by atoms with Gasteiger partial charge in [-0.25, -0.2) is 9.38 Å². The first kappa shape index (κ1) is 23.8. The minimum Gasteiger partial charge on any atom is -0.496 e. The molecule has 8 heteroatoms. The molecule has 0 amide bonds. The van der Waals surface area contributed by atoms with Crippen LogP contribution in [0.15, 0.2) is 41.4 Å². The van der Waals surface area contributed by atoms with E-state index < -0.39 is 0 Å². The fourth-order valence-electron chi connectivity index (χ4n) is 2.56. The zero-order chi connectivity index (χ0) is 19.6. The van der Waals surface area contributed by atoms with Gasteiger partial charge in [0.15, 0.2) is 5.96 Å². The van der Waals surface area contributed by atoms with E-state index in [9.17, 15) is 4.39 Å². The summed E-state index contributed by atoms with van der Waals surface area (Å²) in [5.74, 6) is 2.23. The minimum absolute atomic E-state index is 0. The van der Waals surface area contributed by atoms with Crippen molar-refractivity contribution in [3.63, 3.8) is 0 Å². The van der Waals surface area contributed by atoms with Gasteiger partial charge in [0.25, 0.3) is 0 Å². The molecule has 2 aromatic rings. The summed E-state index contributed by atoms with van der Waals surface area (Å²) in [5, 5.41) is 6.38. The van der Waals surface area contributed by atoms with Gasteiger partial charge in [-0.05, 0) is 13.0 Å². The molecule has 0 atom stereocenters. The van der Waals surface area contributed by atoms with Crippen LogP contribution in [0.3, 0.4) is 0 Å². The van der Waals surface area contributed by atoms with Gasteiger partial charge in [-0.2, -0.15) is 0 Å². The number of ether oxygens (including phenoxy) is 3. The Balaban J connectivity index is 0.00000392. The quantitative estimate of drug-likeness (QED) is 0.327. The maximum atomic E-state index is 13.8. The standard InChI is InChI=1S/C20H26FN3O3.HI/c1-5-22-20(23-12-14-8-6-7-9-17(14)21)24-13-16-18(26-3)10-15(25-2)11-19(16)27-4;/h6-11H,5,12-13H2,1-4H3,(H2,22,23,24);1H. The summed E-state index contributed by atoms with van der Waals surface area (Å²) in [6, 6.07) is 10.2. The molecule has 0 unspecified atom stereocenters. The lowest BCUT2D eigenvalue weighted by atomic mass is 10.1. The van der Waals surface area contributed by atoms with Gasteiger partial charge < -0.3 is 24.8 Å². The lowest BCUT2D eigenvalue weighted by Gasteiger charge is -2.17. The van der Waals surface area contributed by atoms with Crippen molar-refractivity contribution in [1.82, 2.24) is 10.6 Å². The van der Waals surface area contributed by atoms with E-state index in [1.807, 2.05) is 6.92 Å². The molecule has 0 heterocycles. The molecule has 0 fully saturated rings. The Morgan fingerprint density at radius 3 is 2.18 bits per heavy atom. The van der Waals surface area contributed by atoms with Crippen LogP contribution in [0.2, 0.25) is 0 Å². The van der Waals surface area contributed by atoms with Crippen LogP contribution in [0.1, 0.15) is 18.1 Å². The van der Waals surface area contributed by atoms with Gasteiger partial charge in [-0.3, -0.25) is 0 Å². The summed E-state index contributed by atoms with van der Waals surface area (Å²) < 4.78 is 30.0. The van der Waals surface area contributed by atoms with Crippen molar-refractivity contribution in [1.29, 1.82) is 0 Å². The number of hydrogen-bond acceptors (Lipinski definition) is 4. The van der Waals surface area contributed by atoms with E-state index in [2.05, 4.69) is 15.6 Å². The monoisotopic (exact) mass is 503 g/mol. The fourth-order valence-corrected chi connectivity index (χ4v) is 2.56. The summed E-state index contributed by atoms with van der Waals surface area (Å²) in [5.41, 5.74) is 1.37. The number of benzene rings is 2. The average Bonchev–Trinajstić information content (AvgIpc) is 2.70. The predicted octanol–water partition coefficient (Wildman–Crippen LogP) is 3.72. The molecular weight excluding hydrogens is 476 g/mol. The molecule has 154 valence electrons. The highest BCUT2D eigenvalue weighted by Gasteiger charge is 2.14. The van der Waals surface area contributed by atoms with E-state index >= 15 is 0 Å². The molecular formula is C20H27FIN3O3. The van der Waals surface area contributed by atoms with E-state index in [1.165, 1.54) is 6.07 Å². The van der Waals surface area contributed by atoms with Crippen molar-refractivity contribution in [3.8, 4) is 17.2 Å². The van der Waals surface area contributed by atoms with E-state index in [1.54, 1.807) is 51.7 Å². The molecule has 2 rings (SSSR count). The van der Waals surface area contributed by atoms with Gasteiger partial charge in [0.2, 0.25) is 0 Å². The Labute approximate surface area is 182 Å². The van der Waals surface area contributed by atoms with Gasteiger partial charge in [0.1, 0.15) is 23.1 Å². The van der Waals surface area contributed by atoms with Crippen molar-refractivity contribution in [2.75, 3.05) is 27.9 Å². The molecule has 0 aliphatic carbocycles. The second kappa shape index (κ2) is 12.3. The second-order valence-corrected chi connectivity index (χ2v) is 5.65. The number of nitrogens with zero attached hydrogens (tertiary/aromatic N) is 1. The third kappa shape index (κ3) is 6.43. The van der Waals surface area contributed by atoms with E-state index in [0.717, 1.165) is 5.56 Å². The van der Waals surface area contributed by atoms with Crippen LogP contribution >= 0.6 is 24.0 Å². The zero-order valence-corrected chi connectivity index (χ0v) is 18.9. The highest BCUT2D eigenvalue weighted by molar-refractivity contribution is 14.0. The van der Waals surface area contributed by atoms with Crippen LogP contribution in [0, 0.1) is 5.82 Å². The van der Waals surface area contributed by atoms with Crippen LogP contribution < -0.4 is 24.8 Å². The molecule has 0 aromatic heterocycles. The Morgan fingerprint density at radius 1 is 1.00 bits per heavy atom. The maximum Gasteiger partial charge on any atom is 0.191 e. The summed E-state index contributed by atoms with van der Waals surface area (Å²) >= 11 is 0. The molecule has 0 aliphatic heterocycles. The molecule has 2 aromatic carbocycles. The summed E-state index contributed by atoms with van der Waals surface area (Å²) in [4.78, 5) is 4.45. The molecule has 0 saturated carbocycles. The summed E-state index contributed by atoms with van der Waals surface area (Å²) in [7, 11) is 4.77. The molecule has 0 bridgehead atoms. The summed E-state index contributed by atoms with van der Waals surface area (Å²) in [6.07, 6.45) is 0. The minimum atomic E-state index is -0.268. The highest BCUT2D eigenvalue weighted by Crippen LogP contribution is 2.33. The van der Waals surface area contributed by atoms with Crippen molar-refractivity contribution < 1.29 is 18.6 Å². The molecule has 6 nitrogen and oxygen atoms in total. The molecule has 0 spiro atoms. The number of methoxy groups -OCH3 is 3. The number of hydrogen-bond donors (Lipinski definition) is 2. The highest BCUT2D eigenvalue weighted by atomic mass is 127. The average molecular weight is 503 g/mol. The molecule has 0 aliphatic rings. The van der Waals surface area contributed by atoms with Crippen LogP contribution in [0.4, 0.5) is 4.39 Å². The third-order valence-electron chi connectivity index (χ3n) is 3.96. The largest absolute Gasteiger partial charge is 0.496 e. The first-order chi connectivity index (χ1) is 13.1. The normalized spacial score (nSPS) is 10.7. The Morgan fingerprint density at radius 2 is 1.64 bits per heavy atom. The van der Waals surface area contributed by atoms with E-state index in [4.69, 9.17) is 14.2 Å². The number of halogens is 2. The van der Waals surface area contributed by atoms with Crippen LogP contribution in [-0.4, -0.2) is 33.8 Å². The second-order valence-electron chi connectivity index (χ2n) is 5.65. The van der Waals surface area contributed by atoms with Gasteiger partial charge in [-0.1, -0.05) is 18.2 Å². The van der Waals surface area contributed by atoms with Crippen molar-refractivity contribution in [3.05, 3.63) is 53.3 Å². The summed E-state index contributed by atoms with van der Waals surface area (Å²) in [6.45, 7) is 3.30.